The van der Waals surface area contributed by atoms with Crippen LogP contribution in [0, 0.1) is 0 Å². The minimum Gasteiger partial charge on any atom is -0.503 e. The summed E-state index contributed by atoms with van der Waals surface area (Å²) in [6, 6.07) is 21.1. The number of hydrogen-bond acceptors (Lipinski definition) is 7. The van der Waals surface area contributed by atoms with Gasteiger partial charge in [-0.1, -0.05) is 36.4 Å². The van der Waals surface area contributed by atoms with E-state index in [0.717, 1.165) is 17.0 Å². The topological polar surface area (TPSA) is 92.5 Å². The number of nitrogens with zero attached hydrogens (tertiary/aromatic N) is 2. The molecule has 8 heteroatoms. The SMILES string of the molecule is CCOc1ccc(CN2C(=O)C(O)=C(C(=O)c3cc4cccc(OC)c4o3)C2c2ccc(N(C)C)cc2)cc1. The molecule has 2 heterocycles. The van der Waals surface area contributed by atoms with Crippen molar-refractivity contribution in [2.24, 2.45) is 0 Å². The second kappa shape index (κ2) is 10.6. The molecule has 1 atom stereocenters. The number of aliphatic hydroxyl groups excluding tert-OH is 1. The fourth-order valence-electron chi connectivity index (χ4n) is 4.85. The molecule has 1 aliphatic rings. The lowest BCUT2D eigenvalue weighted by atomic mass is 9.94. The van der Waals surface area contributed by atoms with Crippen LogP contribution in [0.25, 0.3) is 11.0 Å². The van der Waals surface area contributed by atoms with Crippen molar-refractivity contribution in [2.45, 2.75) is 19.5 Å². The molecular formula is C31H30N2O6. The molecule has 0 spiro atoms. The number of ether oxygens (including phenoxy) is 2. The van der Waals surface area contributed by atoms with Gasteiger partial charge >= 0.3 is 0 Å². The van der Waals surface area contributed by atoms with Crippen molar-refractivity contribution in [3.8, 4) is 11.5 Å². The van der Waals surface area contributed by atoms with E-state index in [4.69, 9.17) is 13.9 Å². The quantitative estimate of drug-likeness (QED) is 0.280. The summed E-state index contributed by atoms with van der Waals surface area (Å²) in [6.45, 7) is 2.64. The highest BCUT2D eigenvalue weighted by molar-refractivity contribution is 6.16. The molecule has 0 aliphatic carbocycles. The van der Waals surface area contributed by atoms with Crippen molar-refractivity contribution < 1.29 is 28.6 Å². The minimum atomic E-state index is -0.817. The van der Waals surface area contributed by atoms with Crippen molar-refractivity contribution in [1.82, 2.24) is 4.90 Å². The molecule has 1 N–H and O–H groups in total. The molecule has 0 fully saturated rings. The van der Waals surface area contributed by atoms with Gasteiger partial charge in [-0.3, -0.25) is 9.59 Å². The summed E-state index contributed by atoms with van der Waals surface area (Å²) in [6.07, 6.45) is 0. The first-order valence-electron chi connectivity index (χ1n) is 12.7. The number of hydrogen-bond donors (Lipinski definition) is 1. The third-order valence-corrected chi connectivity index (χ3v) is 6.81. The third kappa shape index (κ3) is 4.81. The molecule has 0 radical (unpaired) electrons. The molecule has 8 nitrogen and oxygen atoms in total. The van der Waals surface area contributed by atoms with Gasteiger partial charge < -0.3 is 28.8 Å². The smallest absolute Gasteiger partial charge is 0.290 e. The highest BCUT2D eigenvalue weighted by Crippen LogP contribution is 2.41. The monoisotopic (exact) mass is 526 g/mol. The van der Waals surface area contributed by atoms with Crippen molar-refractivity contribution in [1.29, 1.82) is 0 Å². The number of anilines is 1. The van der Waals surface area contributed by atoms with Crippen molar-refractivity contribution >= 4 is 28.3 Å². The Kier molecular flexibility index (Phi) is 7.02. The predicted octanol–water partition coefficient (Wildman–Crippen LogP) is 5.68. The number of aliphatic hydroxyl groups is 1. The Morgan fingerprint density at radius 1 is 1.05 bits per heavy atom. The summed E-state index contributed by atoms with van der Waals surface area (Å²) in [7, 11) is 5.39. The highest BCUT2D eigenvalue weighted by atomic mass is 16.5. The second-order valence-electron chi connectivity index (χ2n) is 9.48. The van der Waals surface area contributed by atoms with Crippen molar-refractivity contribution in [3.05, 3.63) is 101 Å². The van der Waals surface area contributed by atoms with Gasteiger partial charge in [-0.2, -0.15) is 0 Å². The van der Waals surface area contributed by atoms with Crippen molar-refractivity contribution in [2.75, 3.05) is 32.7 Å². The highest BCUT2D eigenvalue weighted by Gasteiger charge is 2.44. The molecule has 0 saturated carbocycles. The molecule has 200 valence electrons. The normalized spacial score (nSPS) is 15.2. The summed E-state index contributed by atoms with van der Waals surface area (Å²) < 4.78 is 16.8. The van der Waals surface area contributed by atoms with E-state index in [1.54, 1.807) is 18.2 Å². The molecule has 1 unspecified atom stereocenters. The number of carbonyl (C=O) groups excluding carboxylic acids is 2. The van der Waals surface area contributed by atoms with E-state index in [1.807, 2.05) is 80.5 Å². The van der Waals surface area contributed by atoms with Gasteiger partial charge in [0.15, 0.2) is 22.9 Å². The van der Waals surface area contributed by atoms with Gasteiger partial charge in [-0.25, -0.2) is 0 Å². The predicted molar refractivity (Wildman–Crippen MR) is 148 cm³/mol. The second-order valence-corrected chi connectivity index (χ2v) is 9.48. The fourth-order valence-corrected chi connectivity index (χ4v) is 4.85. The molecule has 39 heavy (non-hydrogen) atoms. The van der Waals surface area contributed by atoms with Gasteiger partial charge in [-0.15, -0.1) is 0 Å². The number of rotatable bonds is 9. The number of furan rings is 1. The fraction of sp³-hybridized carbons (Fsp3) is 0.226. The molecule has 0 bridgehead atoms. The summed E-state index contributed by atoms with van der Waals surface area (Å²) in [4.78, 5) is 30.8. The lowest BCUT2D eigenvalue weighted by Gasteiger charge is -2.27. The Labute approximate surface area is 226 Å². The maximum absolute atomic E-state index is 13.9. The van der Waals surface area contributed by atoms with Crippen LogP contribution in [-0.4, -0.2) is 49.5 Å². The van der Waals surface area contributed by atoms with E-state index in [1.165, 1.54) is 12.0 Å². The number of methoxy groups -OCH3 is 1. The Hall–Kier alpha value is -4.72. The minimum absolute atomic E-state index is 0.0154. The summed E-state index contributed by atoms with van der Waals surface area (Å²) in [5.74, 6) is -0.540. The Morgan fingerprint density at radius 3 is 2.41 bits per heavy atom. The number of carbonyl (C=O) groups is 2. The Bertz CT molecular complexity index is 1550. The van der Waals surface area contributed by atoms with Crippen LogP contribution in [0.4, 0.5) is 5.69 Å². The van der Waals surface area contributed by atoms with E-state index < -0.39 is 23.5 Å². The first-order valence-corrected chi connectivity index (χ1v) is 12.7. The van der Waals surface area contributed by atoms with Crippen LogP contribution in [0.3, 0.4) is 0 Å². The van der Waals surface area contributed by atoms with Gasteiger partial charge in [-0.05, 0) is 54.4 Å². The zero-order valence-corrected chi connectivity index (χ0v) is 22.3. The summed E-state index contributed by atoms with van der Waals surface area (Å²) in [5.41, 5.74) is 2.89. The van der Waals surface area contributed by atoms with E-state index in [-0.39, 0.29) is 17.9 Å². The van der Waals surface area contributed by atoms with Crippen LogP contribution >= 0.6 is 0 Å². The molecule has 1 aliphatic heterocycles. The first-order chi connectivity index (χ1) is 18.8. The average molecular weight is 527 g/mol. The van der Waals surface area contributed by atoms with Gasteiger partial charge in [0, 0.05) is 31.7 Å². The van der Waals surface area contributed by atoms with Crippen LogP contribution in [0.2, 0.25) is 0 Å². The zero-order valence-electron chi connectivity index (χ0n) is 22.3. The first kappa shape index (κ1) is 25.9. The van der Waals surface area contributed by atoms with Gasteiger partial charge in [0.2, 0.25) is 5.78 Å². The molecule has 5 rings (SSSR count). The van der Waals surface area contributed by atoms with E-state index in [2.05, 4.69) is 0 Å². The van der Waals surface area contributed by atoms with E-state index in [9.17, 15) is 14.7 Å². The zero-order chi connectivity index (χ0) is 27.7. The van der Waals surface area contributed by atoms with Crippen LogP contribution in [-0.2, 0) is 11.3 Å². The van der Waals surface area contributed by atoms with Crippen LogP contribution in [0.5, 0.6) is 11.5 Å². The van der Waals surface area contributed by atoms with Crippen LogP contribution in [0.1, 0.15) is 34.6 Å². The van der Waals surface area contributed by atoms with E-state index in [0.29, 0.717) is 28.9 Å². The molecule has 0 saturated heterocycles. The van der Waals surface area contributed by atoms with Crippen molar-refractivity contribution in [3.63, 3.8) is 0 Å². The Balaban J connectivity index is 1.56. The number of Topliss-reactive ketones (excluding diaryl/α,β-unsaturated/α-hetero) is 1. The number of para-hydroxylation sites is 1. The lowest BCUT2D eigenvalue weighted by molar-refractivity contribution is -0.130. The van der Waals surface area contributed by atoms with Gasteiger partial charge in [0.05, 0.1) is 25.3 Å². The van der Waals surface area contributed by atoms with Gasteiger partial charge in [0.1, 0.15) is 5.75 Å². The average Bonchev–Trinajstić information content (AvgIpc) is 3.49. The number of benzene rings is 3. The number of fused-ring (bicyclic) bond motifs is 1. The molecule has 4 aromatic rings. The van der Waals surface area contributed by atoms with Gasteiger partial charge in [0.25, 0.3) is 5.91 Å². The van der Waals surface area contributed by atoms with E-state index >= 15 is 0 Å². The molecule has 1 aromatic heterocycles. The number of amides is 1. The molecular weight excluding hydrogens is 496 g/mol. The van der Waals surface area contributed by atoms with Crippen LogP contribution in [0.15, 0.2) is 88.5 Å². The summed E-state index contributed by atoms with van der Waals surface area (Å²) >= 11 is 0. The lowest BCUT2D eigenvalue weighted by Crippen LogP contribution is -2.30. The molecule has 3 aromatic carbocycles. The Morgan fingerprint density at radius 2 is 1.77 bits per heavy atom. The maximum atomic E-state index is 13.9. The summed E-state index contributed by atoms with van der Waals surface area (Å²) in [5, 5.41) is 11.8. The largest absolute Gasteiger partial charge is 0.503 e. The van der Waals surface area contributed by atoms with Crippen LogP contribution < -0.4 is 14.4 Å². The molecule has 1 amide bonds. The maximum Gasteiger partial charge on any atom is 0.290 e. The number of ketones is 1. The third-order valence-electron chi connectivity index (χ3n) is 6.81. The standard InChI is InChI=1S/C31H30N2O6/c1-5-38-23-15-9-19(10-16-23)18-33-27(20-11-13-22(14-12-20)32(2)3)26(29(35)31(33)36)28(34)25-17-21-7-6-8-24(37-4)30(21)39-25/h6-17,27,35H,5,18H2,1-4H3.